The molecule has 2 aliphatic rings. The largest absolute Gasteiger partial charge is 0.376 e. The van der Waals surface area contributed by atoms with Crippen LogP contribution in [0.2, 0.25) is 0 Å². The number of ether oxygens (including phenoxy) is 1. The molecule has 104 valence electrons. The predicted octanol–water partition coefficient (Wildman–Crippen LogP) is 1.86. The molecule has 2 aliphatic heterocycles. The third-order valence-electron chi connectivity index (χ3n) is 4.17. The summed E-state index contributed by atoms with van der Waals surface area (Å²) in [4.78, 5) is 6.80. The van der Waals surface area contributed by atoms with E-state index in [9.17, 15) is 0 Å². The molecule has 0 saturated carbocycles. The lowest BCUT2D eigenvalue weighted by Crippen LogP contribution is -2.50. The molecule has 1 N–H and O–H groups in total. The summed E-state index contributed by atoms with van der Waals surface area (Å²) in [5.74, 6) is 1.90. The van der Waals surface area contributed by atoms with E-state index in [-0.39, 0.29) is 0 Å². The molecule has 0 aromatic heterocycles. The summed E-state index contributed by atoms with van der Waals surface area (Å²) >= 11 is 0. The Labute approximate surface area is 111 Å². The number of rotatable bonds is 2. The van der Waals surface area contributed by atoms with Crippen LogP contribution >= 0.6 is 0 Å². The molecule has 0 spiro atoms. The molecule has 2 atom stereocenters. The first-order chi connectivity index (χ1) is 8.70. The fourth-order valence-corrected chi connectivity index (χ4v) is 2.81. The third kappa shape index (κ3) is 3.37. The van der Waals surface area contributed by atoms with Crippen molar-refractivity contribution in [3.63, 3.8) is 0 Å². The van der Waals surface area contributed by atoms with Crippen molar-refractivity contribution in [1.29, 1.82) is 0 Å². The van der Waals surface area contributed by atoms with Gasteiger partial charge < -0.3 is 15.0 Å². The highest BCUT2D eigenvalue weighted by Crippen LogP contribution is 2.18. The van der Waals surface area contributed by atoms with E-state index >= 15 is 0 Å². The molecular weight excluding hydrogens is 226 g/mol. The van der Waals surface area contributed by atoms with Gasteiger partial charge in [-0.3, -0.25) is 4.99 Å². The second-order valence-corrected chi connectivity index (χ2v) is 5.70. The average Bonchev–Trinajstić information content (AvgIpc) is 2.91. The molecular formula is C14H27N3O. The van der Waals surface area contributed by atoms with Gasteiger partial charge in [0.25, 0.3) is 0 Å². The Morgan fingerprint density at radius 3 is 2.61 bits per heavy atom. The van der Waals surface area contributed by atoms with Crippen molar-refractivity contribution in [1.82, 2.24) is 10.2 Å². The van der Waals surface area contributed by atoms with Gasteiger partial charge in [-0.15, -0.1) is 0 Å². The maximum absolute atomic E-state index is 5.73. The van der Waals surface area contributed by atoms with E-state index in [1.165, 1.54) is 25.7 Å². The summed E-state index contributed by atoms with van der Waals surface area (Å²) in [5.41, 5.74) is 0. The quantitative estimate of drug-likeness (QED) is 0.603. The summed E-state index contributed by atoms with van der Waals surface area (Å²) in [6.45, 7) is 7.70. The van der Waals surface area contributed by atoms with Crippen molar-refractivity contribution in [2.45, 2.75) is 51.7 Å². The normalized spacial score (nSPS) is 28.5. The first kappa shape index (κ1) is 13.7. The fourth-order valence-electron chi connectivity index (χ4n) is 2.81. The molecule has 0 radical (unpaired) electrons. The van der Waals surface area contributed by atoms with E-state index in [1.807, 2.05) is 7.05 Å². The minimum atomic E-state index is 0.352. The van der Waals surface area contributed by atoms with Gasteiger partial charge >= 0.3 is 0 Å². The highest BCUT2D eigenvalue weighted by atomic mass is 16.5. The van der Waals surface area contributed by atoms with Crippen LogP contribution in [0.5, 0.6) is 0 Å². The average molecular weight is 253 g/mol. The van der Waals surface area contributed by atoms with Crippen molar-refractivity contribution in [2.24, 2.45) is 10.9 Å². The number of likely N-dealkylation sites (tertiary alicyclic amines) is 1. The van der Waals surface area contributed by atoms with Gasteiger partial charge in [0.05, 0.1) is 12.1 Å². The molecule has 0 amide bonds. The Bertz CT molecular complexity index is 279. The first-order valence-electron chi connectivity index (χ1n) is 7.30. The Kier molecular flexibility index (Phi) is 4.87. The molecule has 2 heterocycles. The van der Waals surface area contributed by atoms with Gasteiger partial charge in [0, 0.05) is 26.7 Å². The fraction of sp³-hybridized carbons (Fsp3) is 0.929. The zero-order chi connectivity index (χ0) is 13.0. The second-order valence-electron chi connectivity index (χ2n) is 5.70. The number of piperidine rings is 1. The summed E-state index contributed by atoms with van der Waals surface area (Å²) < 4.78 is 5.73. The first-order valence-corrected chi connectivity index (χ1v) is 7.30. The number of hydrogen-bond donors (Lipinski definition) is 1. The van der Waals surface area contributed by atoms with Crippen LogP contribution < -0.4 is 5.32 Å². The minimum absolute atomic E-state index is 0.352. The highest BCUT2D eigenvalue weighted by Gasteiger charge is 2.25. The lowest BCUT2D eigenvalue weighted by Gasteiger charge is -2.34. The van der Waals surface area contributed by atoms with E-state index in [2.05, 4.69) is 29.1 Å². The smallest absolute Gasteiger partial charge is 0.193 e. The van der Waals surface area contributed by atoms with E-state index in [1.54, 1.807) is 0 Å². The van der Waals surface area contributed by atoms with Crippen molar-refractivity contribution < 1.29 is 4.74 Å². The molecule has 2 fully saturated rings. The molecule has 0 aliphatic carbocycles. The van der Waals surface area contributed by atoms with Crippen molar-refractivity contribution >= 4 is 5.96 Å². The van der Waals surface area contributed by atoms with Gasteiger partial charge in [-0.05, 0) is 38.5 Å². The van der Waals surface area contributed by atoms with Crippen molar-refractivity contribution in [2.75, 3.05) is 26.7 Å². The van der Waals surface area contributed by atoms with E-state index in [0.29, 0.717) is 12.1 Å². The van der Waals surface area contributed by atoms with Crippen LogP contribution in [0, 0.1) is 5.92 Å². The maximum atomic E-state index is 5.73. The summed E-state index contributed by atoms with van der Waals surface area (Å²) in [6, 6.07) is 0.352. The lowest BCUT2D eigenvalue weighted by atomic mass is 9.99. The second kappa shape index (κ2) is 6.41. The molecule has 0 aromatic carbocycles. The Morgan fingerprint density at radius 2 is 2.06 bits per heavy atom. The standard InChI is InChI=1S/C14H27N3O/c1-11-6-8-17(9-7-11)14(15-3)16-12(2)13-5-4-10-18-13/h11-13H,4-10H2,1-3H3,(H,15,16). The highest BCUT2D eigenvalue weighted by molar-refractivity contribution is 5.80. The number of aliphatic imine (C=N–C) groups is 1. The summed E-state index contributed by atoms with van der Waals surface area (Å²) in [5, 5.41) is 3.54. The van der Waals surface area contributed by atoms with Crippen LogP contribution in [0.1, 0.15) is 39.5 Å². The van der Waals surface area contributed by atoms with Crippen molar-refractivity contribution in [3.05, 3.63) is 0 Å². The molecule has 0 bridgehead atoms. The molecule has 2 rings (SSSR count). The van der Waals surface area contributed by atoms with Crippen LogP contribution in [0.15, 0.2) is 4.99 Å². The lowest BCUT2D eigenvalue weighted by molar-refractivity contribution is 0.0878. The van der Waals surface area contributed by atoms with Crippen LogP contribution in [-0.4, -0.2) is 49.7 Å². The minimum Gasteiger partial charge on any atom is -0.376 e. The van der Waals surface area contributed by atoms with Gasteiger partial charge in [0.15, 0.2) is 5.96 Å². The van der Waals surface area contributed by atoms with Crippen LogP contribution in [0.4, 0.5) is 0 Å². The van der Waals surface area contributed by atoms with Crippen LogP contribution in [-0.2, 0) is 4.74 Å². The van der Waals surface area contributed by atoms with E-state index < -0.39 is 0 Å². The number of hydrogen-bond acceptors (Lipinski definition) is 2. The number of nitrogens with one attached hydrogen (secondary N) is 1. The number of guanidine groups is 1. The third-order valence-corrected chi connectivity index (χ3v) is 4.17. The maximum Gasteiger partial charge on any atom is 0.193 e. The molecule has 0 aromatic rings. The zero-order valence-electron chi connectivity index (χ0n) is 12.0. The summed E-state index contributed by atoms with van der Waals surface area (Å²) in [7, 11) is 1.88. The van der Waals surface area contributed by atoms with Crippen LogP contribution in [0.25, 0.3) is 0 Å². The molecule has 4 nitrogen and oxygen atoms in total. The van der Waals surface area contributed by atoms with Crippen LogP contribution in [0.3, 0.4) is 0 Å². The van der Waals surface area contributed by atoms with Crippen molar-refractivity contribution in [3.8, 4) is 0 Å². The number of nitrogens with zero attached hydrogens (tertiary/aromatic N) is 2. The van der Waals surface area contributed by atoms with Gasteiger partial charge in [-0.1, -0.05) is 6.92 Å². The topological polar surface area (TPSA) is 36.9 Å². The monoisotopic (exact) mass is 253 g/mol. The SMILES string of the molecule is CN=C(NC(C)C1CCCO1)N1CCC(C)CC1. The Balaban J connectivity index is 1.85. The Hall–Kier alpha value is -0.770. The molecule has 18 heavy (non-hydrogen) atoms. The van der Waals surface area contributed by atoms with E-state index in [4.69, 9.17) is 4.74 Å². The van der Waals surface area contributed by atoms with Gasteiger partial charge in [0.2, 0.25) is 0 Å². The summed E-state index contributed by atoms with van der Waals surface area (Å²) in [6.07, 6.45) is 5.26. The molecule has 2 unspecified atom stereocenters. The van der Waals surface area contributed by atoms with E-state index in [0.717, 1.165) is 31.6 Å². The Morgan fingerprint density at radius 1 is 1.33 bits per heavy atom. The molecule has 2 saturated heterocycles. The molecule has 4 heteroatoms. The van der Waals surface area contributed by atoms with Gasteiger partial charge in [-0.25, -0.2) is 0 Å². The zero-order valence-corrected chi connectivity index (χ0v) is 12.0. The van der Waals surface area contributed by atoms with Gasteiger partial charge in [-0.2, -0.15) is 0 Å². The predicted molar refractivity (Wildman–Crippen MR) is 74.9 cm³/mol. The van der Waals surface area contributed by atoms with Gasteiger partial charge in [0.1, 0.15) is 0 Å².